The molecule has 1 aromatic rings. The highest BCUT2D eigenvalue weighted by Crippen LogP contribution is 2.24. The molecule has 2 heteroatoms. The Bertz CT molecular complexity index is 340. The van der Waals surface area contributed by atoms with Crippen LogP contribution in [0, 0.1) is 0 Å². The standard InChI is InChI=1S/C12H16O2/c1-8(2)10-5-6-12(14-4)11(7-10)9(3)13/h5-8H,1-4H3. The van der Waals surface area contributed by atoms with Gasteiger partial charge in [0.25, 0.3) is 0 Å². The maximum Gasteiger partial charge on any atom is 0.163 e. The van der Waals surface area contributed by atoms with Gasteiger partial charge in [0.1, 0.15) is 5.75 Å². The molecule has 0 atom stereocenters. The summed E-state index contributed by atoms with van der Waals surface area (Å²) < 4.78 is 5.12. The van der Waals surface area contributed by atoms with E-state index in [1.807, 2.05) is 18.2 Å². The Morgan fingerprint density at radius 3 is 2.43 bits per heavy atom. The minimum absolute atomic E-state index is 0.0457. The maximum absolute atomic E-state index is 11.3. The second kappa shape index (κ2) is 4.27. The molecule has 1 rings (SSSR count). The van der Waals surface area contributed by atoms with Gasteiger partial charge in [-0.2, -0.15) is 0 Å². The first-order chi connectivity index (χ1) is 6.56. The first kappa shape index (κ1) is 10.8. The number of benzene rings is 1. The predicted octanol–water partition coefficient (Wildman–Crippen LogP) is 3.02. The van der Waals surface area contributed by atoms with Gasteiger partial charge in [0.2, 0.25) is 0 Å². The summed E-state index contributed by atoms with van der Waals surface area (Å²) in [4.78, 5) is 11.3. The van der Waals surface area contributed by atoms with E-state index in [1.165, 1.54) is 0 Å². The molecule has 0 bridgehead atoms. The van der Waals surface area contributed by atoms with Crippen LogP contribution in [0.15, 0.2) is 18.2 Å². The Hall–Kier alpha value is -1.31. The van der Waals surface area contributed by atoms with Gasteiger partial charge in [-0.1, -0.05) is 19.9 Å². The van der Waals surface area contributed by atoms with Crippen molar-refractivity contribution in [2.75, 3.05) is 7.11 Å². The SMILES string of the molecule is COc1ccc(C(C)C)cc1C(C)=O. The number of carbonyl (C=O) groups is 1. The second-order valence-electron chi connectivity index (χ2n) is 3.67. The highest BCUT2D eigenvalue weighted by molar-refractivity contribution is 5.97. The predicted molar refractivity (Wildman–Crippen MR) is 57.1 cm³/mol. The van der Waals surface area contributed by atoms with E-state index < -0.39 is 0 Å². The molecule has 0 aliphatic carbocycles. The summed E-state index contributed by atoms with van der Waals surface area (Å²) in [6, 6.07) is 5.76. The minimum atomic E-state index is 0.0457. The van der Waals surface area contributed by atoms with Crippen LogP contribution < -0.4 is 4.74 Å². The summed E-state index contributed by atoms with van der Waals surface area (Å²) >= 11 is 0. The quantitative estimate of drug-likeness (QED) is 0.688. The van der Waals surface area contributed by atoms with Gasteiger partial charge < -0.3 is 4.74 Å². The number of rotatable bonds is 3. The lowest BCUT2D eigenvalue weighted by Gasteiger charge is -2.10. The molecule has 0 heterocycles. The minimum Gasteiger partial charge on any atom is -0.496 e. The fourth-order valence-electron chi connectivity index (χ4n) is 1.36. The molecule has 0 amide bonds. The van der Waals surface area contributed by atoms with Crippen LogP contribution in [-0.4, -0.2) is 12.9 Å². The van der Waals surface area contributed by atoms with Crippen LogP contribution in [0.5, 0.6) is 5.75 Å². The monoisotopic (exact) mass is 192 g/mol. The third kappa shape index (κ3) is 2.13. The van der Waals surface area contributed by atoms with Gasteiger partial charge in [0.05, 0.1) is 12.7 Å². The molecule has 0 unspecified atom stereocenters. The van der Waals surface area contributed by atoms with Crippen LogP contribution in [0.3, 0.4) is 0 Å². The highest BCUT2D eigenvalue weighted by atomic mass is 16.5. The van der Waals surface area contributed by atoms with Crippen molar-refractivity contribution >= 4 is 5.78 Å². The maximum atomic E-state index is 11.3. The molecule has 1 aromatic carbocycles. The number of ether oxygens (including phenoxy) is 1. The normalized spacial score (nSPS) is 10.4. The lowest BCUT2D eigenvalue weighted by atomic mass is 9.99. The molecule has 0 fully saturated rings. The molecule has 14 heavy (non-hydrogen) atoms. The molecule has 0 N–H and O–H groups in total. The summed E-state index contributed by atoms with van der Waals surface area (Å²) in [5.41, 5.74) is 1.83. The van der Waals surface area contributed by atoms with Gasteiger partial charge in [-0.3, -0.25) is 4.79 Å². The van der Waals surface area contributed by atoms with Gasteiger partial charge >= 0.3 is 0 Å². The van der Waals surface area contributed by atoms with Crippen molar-refractivity contribution in [2.24, 2.45) is 0 Å². The Labute approximate surface area is 84.9 Å². The van der Waals surface area contributed by atoms with Crippen molar-refractivity contribution < 1.29 is 9.53 Å². The van der Waals surface area contributed by atoms with Crippen LogP contribution in [0.1, 0.15) is 42.6 Å². The topological polar surface area (TPSA) is 26.3 Å². The van der Waals surface area contributed by atoms with E-state index in [-0.39, 0.29) is 5.78 Å². The van der Waals surface area contributed by atoms with E-state index in [4.69, 9.17) is 4.74 Å². The van der Waals surface area contributed by atoms with Gasteiger partial charge in [-0.15, -0.1) is 0 Å². The lowest BCUT2D eigenvalue weighted by molar-refractivity contribution is 0.101. The first-order valence-corrected chi connectivity index (χ1v) is 4.75. The van der Waals surface area contributed by atoms with Crippen molar-refractivity contribution in [1.82, 2.24) is 0 Å². The number of carbonyl (C=O) groups excluding carboxylic acids is 1. The van der Waals surface area contributed by atoms with Crippen molar-refractivity contribution in [1.29, 1.82) is 0 Å². The molecule has 0 spiro atoms. The fourth-order valence-corrected chi connectivity index (χ4v) is 1.36. The number of ketones is 1. The van der Waals surface area contributed by atoms with Crippen molar-refractivity contribution in [2.45, 2.75) is 26.7 Å². The summed E-state index contributed by atoms with van der Waals surface area (Å²) in [5.74, 6) is 1.13. The van der Waals surface area contributed by atoms with E-state index in [2.05, 4.69) is 13.8 Å². The van der Waals surface area contributed by atoms with E-state index in [0.29, 0.717) is 17.2 Å². The molecule has 0 radical (unpaired) electrons. The van der Waals surface area contributed by atoms with Crippen LogP contribution in [-0.2, 0) is 0 Å². The zero-order valence-corrected chi connectivity index (χ0v) is 9.13. The Kier molecular flexibility index (Phi) is 3.28. The average molecular weight is 192 g/mol. The Morgan fingerprint density at radius 1 is 1.36 bits per heavy atom. The lowest BCUT2D eigenvalue weighted by Crippen LogP contribution is -1.99. The van der Waals surface area contributed by atoms with Gasteiger partial charge in [-0.25, -0.2) is 0 Å². The number of methoxy groups -OCH3 is 1. The molecule has 0 saturated heterocycles. The van der Waals surface area contributed by atoms with E-state index >= 15 is 0 Å². The second-order valence-corrected chi connectivity index (χ2v) is 3.67. The van der Waals surface area contributed by atoms with Gasteiger partial charge in [-0.05, 0) is 30.5 Å². The van der Waals surface area contributed by atoms with Gasteiger partial charge in [0, 0.05) is 0 Å². The third-order valence-electron chi connectivity index (χ3n) is 2.27. The average Bonchev–Trinajstić information content (AvgIpc) is 2.16. The summed E-state index contributed by atoms with van der Waals surface area (Å²) in [6.07, 6.45) is 0. The summed E-state index contributed by atoms with van der Waals surface area (Å²) in [5, 5.41) is 0. The molecule has 0 aromatic heterocycles. The molecule has 0 aliphatic heterocycles. The molecule has 76 valence electrons. The molecular formula is C12H16O2. The van der Waals surface area contributed by atoms with Crippen molar-refractivity contribution in [3.63, 3.8) is 0 Å². The smallest absolute Gasteiger partial charge is 0.163 e. The number of hydrogen-bond donors (Lipinski definition) is 0. The van der Waals surface area contributed by atoms with Crippen molar-refractivity contribution in [3.05, 3.63) is 29.3 Å². The van der Waals surface area contributed by atoms with E-state index in [9.17, 15) is 4.79 Å². The molecule has 0 aliphatic rings. The van der Waals surface area contributed by atoms with Crippen LogP contribution in [0.4, 0.5) is 0 Å². The fraction of sp³-hybridized carbons (Fsp3) is 0.417. The summed E-state index contributed by atoms with van der Waals surface area (Å²) in [6.45, 7) is 5.76. The molecule has 0 saturated carbocycles. The van der Waals surface area contributed by atoms with Crippen LogP contribution in [0.25, 0.3) is 0 Å². The number of hydrogen-bond acceptors (Lipinski definition) is 2. The molecular weight excluding hydrogens is 176 g/mol. The zero-order valence-electron chi connectivity index (χ0n) is 9.13. The first-order valence-electron chi connectivity index (χ1n) is 4.75. The zero-order chi connectivity index (χ0) is 10.7. The van der Waals surface area contributed by atoms with Crippen LogP contribution in [0.2, 0.25) is 0 Å². The van der Waals surface area contributed by atoms with Crippen LogP contribution >= 0.6 is 0 Å². The Morgan fingerprint density at radius 2 is 2.00 bits per heavy atom. The third-order valence-corrected chi connectivity index (χ3v) is 2.27. The largest absolute Gasteiger partial charge is 0.496 e. The van der Waals surface area contributed by atoms with E-state index in [0.717, 1.165) is 5.56 Å². The number of Topliss-reactive ketones (excluding diaryl/α,β-unsaturated/α-hetero) is 1. The molecule has 2 nitrogen and oxygen atoms in total. The van der Waals surface area contributed by atoms with Crippen molar-refractivity contribution in [3.8, 4) is 5.75 Å². The van der Waals surface area contributed by atoms with Gasteiger partial charge in [0.15, 0.2) is 5.78 Å². The summed E-state index contributed by atoms with van der Waals surface area (Å²) in [7, 11) is 1.58. The highest BCUT2D eigenvalue weighted by Gasteiger charge is 2.09. The van der Waals surface area contributed by atoms with E-state index in [1.54, 1.807) is 14.0 Å². The Balaban J connectivity index is 3.21.